The molecule has 1 saturated heterocycles. The molecular weight excluding hydrogens is 372 g/mol. The summed E-state index contributed by atoms with van der Waals surface area (Å²) < 4.78 is 4.04. The van der Waals surface area contributed by atoms with Gasteiger partial charge in [-0.2, -0.15) is 0 Å². The van der Waals surface area contributed by atoms with E-state index in [2.05, 4.69) is 73.3 Å². The van der Waals surface area contributed by atoms with Crippen molar-refractivity contribution < 1.29 is 0 Å². The molecule has 0 amide bonds. The number of tetrazole rings is 1. The number of aromatic nitrogens is 7. The van der Waals surface area contributed by atoms with Gasteiger partial charge >= 0.3 is 0 Å². The van der Waals surface area contributed by atoms with Gasteiger partial charge in [-0.25, -0.2) is 4.68 Å². The molecule has 0 unspecified atom stereocenters. The summed E-state index contributed by atoms with van der Waals surface area (Å²) in [4.78, 5) is 2.35. The molecule has 8 nitrogen and oxygen atoms in total. The van der Waals surface area contributed by atoms with E-state index in [0.717, 1.165) is 48.7 Å². The van der Waals surface area contributed by atoms with Crippen LogP contribution in [-0.4, -0.2) is 48.1 Å². The second-order valence-corrected chi connectivity index (χ2v) is 8.05. The molecule has 1 aliphatic rings. The predicted octanol–water partition coefficient (Wildman–Crippen LogP) is 3.25. The summed E-state index contributed by atoms with van der Waals surface area (Å²) in [6.45, 7) is 7.11. The minimum absolute atomic E-state index is 0.664. The lowest BCUT2D eigenvalue weighted by molar-refractivity contribution is 0.563. The Bertz CT molecular complexity index is 895. The largest absolute Gasteiger partial charge is 0.341 e. The zero-order valence-corrected chi connectivity index (χ0v) is 17.3. The Hall–Kier alpha value is -2.42. The molecule has 3 heterocycles. The highest BCUT2D eigenvalue weighted by molar-refractivity contribution is 7.98. The molecule has 0 spiro atoms. The number of aryl methyl sites for hydroxylation is 2. The number of benzene rings is 1. The lowest BCUT2D eigenvalue weighted by Gasteiger charge is -2.27. The highest BCUT2D eigenvalue weighted by Crippen LogP contribution is 2.29. The monoisotopic (exact) mass is 398 g/mol. The zero-order chi connectivity index (χ0) is 19.3. The van der Waals surface area contributed by atoms with Crippen molar-refractivity contribution in [2.45, 2.75) is 57.0 Å². The third-order valence-electron chi connectivity index (χ3n) is 4.92. The van der Waals surface area contributed by atoms with Gasteiger partial charge in [0.1, 0.15) is 0 Å². The van der Waals surface area contributed by atoms with Gasteiger partial charge in [-0.05, 0) is 55.2 Å². The van der Waals surface area contributed by atoms with Gasteiger partial charge in [-0.1, -0.05) is 36.4 Å². The van der Waals surface area contributed by atoms with Crippen LogP contribution in [0.3, 0.4) is 0 Å². The van der Waals surface area contributed by atoms with Crippen molar-refractivity contribution in [3.8, 4) is 5.69 Å². The van der Waals surface area contributed by atoms with Gasteiger partial charge in [-0.3, -0.25) is 4.57 Å². The Morgan fingerprint density at radius 2 is 1.79 bits per heavy atom. The quantitative estimate of drug-likeness (QED) is 0.565. The molecule has 28 heavy (non-hydrogen) atoms. The van der Waals surface area contributed by atoms with Crippen molar-refractivity contribution in [3.05, 3.63) is 35.7 Å². The van der Waals surface area contributed by atoms with Gasteiger partial charge in [-0.15, -0.1) is 15.3 Å². The second-order valence-electron chi connectivity index (χ2n) is 7.11. The van der Waals surface area contributed by atoms with Gasteiger partial charge in [0.05, 0.1) is 11.4 Å². The van der Waals surface area contributed by atoms with Crippen LogP contribution in [0.1, 0.15) is 44.0 Å². The van der Waals surface area contributed by atoms with Crippen LogP contribution in [0.15, 0.2) is 29.4 Å². The van der Waals surface area contributed by atoms with Crippen LogP contribution in [0.5, 0.6) is 0 Å². The van der Waals surface area contributed by atoms with E-state index in [0.29, 0.717) is 5.75 Å². The lowest BCUT2D eigenvalue weighted by atomic mass is 10.1. The molecule has 9 heteroatoms. The first-order valence-corrected chi connectivity index (χ1v) is 10.9. The third kappa shape index (κ3) is 4.04. The first kappa shape index (κ1) is 18.9. The van der Waals surface area contributed by atoms with Crippen LogP contribution in [0, 0.1) is 6.92 Å². The van der Waals surface area contributed by atoms with E-state index < -0.39 is 0 Å². The molecular formula is C19H26N8S. The summed E-state index contributed by atoms with van der Waals surface area (Å²) >= 11 is 1.63. The average molecular weight is 399 g/mol. The summed E-state index contributed by atoms with van der Waals surface area (Å²) in [6, 6.07) is 8.53. The Morgan fingerprint density at radius 3 is 2.54 bits per heavy atom. The molecule has 1 fully saturated rings. The van der Waals surface area contributed by atoms with E-state index in [-0.39, 0.29) is 0 Å². The summed E-state index contributed by atoms with van der Waals surface area (Å²) in [5.41, 5.74) is 2.33. The Balaban J connectivity index is 1.63. The van der Waals surface area contributed by atoms with E-state index >= 15 is 0 Å². The first-order chi connectivity index (χ1) is 13.8. The SMILES string of the molecule is CCCn1nnnc1CSc1nnc(N2CCCCC2)n1-c1ccc(C)cc1. The van der Waals surface area contributed by atoms with Gasteiger partial charge in [0, 0.05) is 19.6 Å². The van der Waals surface area contributed by atoms with Crippen molar-refractivity contribution in [2.24, 2.45) is 0 Å². The number of piperidine rings is 1. The summed E-state index contributed by atoms with van der Waals surface area (Å²) in [5.74, 6) is 2.46. The maximum absolute atomic E-state index is 4.56. The third-order valence-corrected chi connectivity index (χ3v) is 5.84. The van der Waals surface area contributed by atoms with Gasteiger partial charge in [0.25, 0.3) is 0 Å². The summed E-state index contributed by atoms with van der Waals surface area (Å²) in [6.07, 6.45) is 4.70. The summed E-state index contributed by atoms with van der Waals surface area (Å²) in [7, 11) is 0. The molecule has 0 saturated carbocycles. The topological polar surface area (TPSA) is 77.5 Å². The molecule has 2 aromatic heterocycles. The van der Waals surface area contributed by atoms with E-state index in [9.17, 15) is 0 Å². The Kier molecular flexibility index (Phi) is 5.90. The van der Waals surface area contributed by atoms with E-state index in [1.165, 1.54) is 24.8 Å². The molecule has 0 bridgehead atoms. The van der Waals surface area contributed by atoms with Crippen molar-refractivity contribution in [1.29, 1.82) is 0 Å². The van der Waals surface area contributed by atoms with Crippen molar-refractivity contribution in [2.75, 3.05) is 18.0 Å². The average Bonchev–Trinajstić information content (AvgIpc) is 3.35. The lowest BCUT2D eigenvalue weighted by Crippen LogP contribution is -2.31. The van der Waals surface area contributed by atoms with E-state index in [1.54, 1.807) is 11.8 Å². The smallest absolute Gasteiger partial charge is 0.232 e. The number of thioether (sulfide) groups is 1. The summed E-state index contributed by atoms with van der Waals surface area (Å²) in [5, 5.41) is 22.0. The van der Waals surface area contributed by atoms with Crippen LogP contribution < -0.4 is 4.90 Å². The number of nitrogens with zero attached hydrogens (tertiary/aromatic N) is 8. The number of hydrogen-bond donors (Lipinski definition) is 0. The second kappa shape index (κ2) is 8.72. The molecule has 0 atom stereocenters. The van der Waals surface area contributed by atoms with Crippen LogP contribution >= 0.6 is 11.8 Å². The molecule has 0 N–H and O–H groups in total. The maximum atomic E-state index is 4.56. The fraction of sp³-hybridized carbons (Fsp3) is 0.526. The van der Waals surface area contributed by atoms with Crippen molar-refractivity contribution >= 4 is 17.7 Å². The van der Waals surface area contributed by atoms with Crippen LogP contribution in [0.25, 0.3) is 5.69 Å². The van der Waals surface area contributed by atoms with E-state index in [1.807, 2.05) is 4.68 Å². The van der Waals surface area contributed by atoms with Crippen LogP contribution in [-0.2, 0) is 12.3 Å². The maximum Gasteiger partial charge on any atom is 0.232 e. The molecule has 1 aliphatic heterocycles. The predicted molar refractivity (Wildman–Crippen MR) is 110 cm³/mol. The standard InChI is InChI=1S/C19H26N8S/c1-3-11-26-17(20-23-24-26)14-28-19-22-21-18(25-12-5-4-6-13-25)27(19)16-9-7-15(2)8-10-16/h7-10H,3-6,11-14H2,1-2H3. The Morgan fingerprint density at radius 1 is 1.00 bits per heavy atom. The minimum atomic E-state index is 0.664. The molecule has 3 aromatic rings. The molecule has 0 aliphatic carbocycles. The van der Waals surface area contributed by atoms with Crippen molar-refractivity contribution in [3.63, 3.8) is 0 Å². The first-order valence-electron chi connectivity index (χ1n) is 9.91. The number of anilines is 1. The van der Waals surface area contributed by atoms with Gasteiger partial charge in [0.15, 0.2) is 11.0 Å². The van der Waals surface area contributed by atoms with Crippen LogP contribution in [0.4, 0.5) is 5.95 Å². The molecule has 148 valence electrons. The van der Waals surface area contributed by atoms with E-state index in [4.69, 9.17) is 0 Å². The fourth-order valence-electron chi connectivity index (χ4n) is 3.42. The molecule has 4 rings (SSSR count). The number of rotatable bonds is 7. The fourth-order valence-corrected chi connectivity index (χ4v) is 4.30. The normalized spacial score (nSPS) is 14.6. The van der Waals surface area contributed by atoms with Gasteiger partial charge < -0.3 is 4.90 Å². The Labute approximate surface area is 169 Å². The molecule has 0 radical (unpaired) electrons. The number of hydrogen-bond acceptors (Lipinski definition) is 7. The molecule has 1 aromatic carbocycles. The zero-order valence-electron chi connectivity index (χ0n) is 16.5. The highest BCUT2D eigenvalue weighted by Gasteiger charge is 2.22. The van der Waals surface area contributed by atoms with Gasteiger partial charge in [0.2, 0.25) is 5.95 Å². The minimum Gasteiger partial charge on any atom is -0.341 e. The van der Waals surface area contributed by atoms with Crippen LogP contribution in [0.2, 0.25) is 0 Å². The van der Waals surface area contributed by atoms with Crippen molar-refractivity contribution in [1.82, 2.24) is 35.0 Å². The highest BCUT2D eigenvalue weighted by atomic mass is 32.2.